The van der Waals surface area contributed by atoms with E-state index in [2.05, 4.69) is 11.9 Å². The standard InChI is InChI=1S/C32H27FN4O4.2C2H6/c1-20(31-36-28-13-12-24(32(38)39)17-29(28)37(31)14-15-40-2)22-8-10-23(11-9-22)27-4-3-5-30(35-27)41-19-25-7-6-21(18-34)16-26(25)33;2*1-2/h3-13,16-17,20H,14-15,19H2,1-2H3,(H,38,39);2*1-2H3. The van der Waals surface area contributed by atoms with Gasteiger partial charge < -0.3 is 19.1 Å². The number of ether oxygens (including phenoxy) is 2. The molecule has 0 aliphatic heterocycles. The minimum atomic E-state index is -0.985. The Kier molecular flexibility index (Phi) is 12.8. The monoisotopic (exact) mass is 610 g/mol. The van der Waals surface area contributed by atoms with Gasteiger partial charge in [-0.05, 0) is 42.0 Å². The maximum Gasteiger partial charge on any atom is 0.335 e. The van der Waals surface area contributed by atoms with E-state index < -0.39 is 11.8 Å². The molecule has 0 radical (unpaired) electrons. The Morgan fingerprint density at radius 3 is 2.38 bits per heavy atom. The number of aromatic nitrogens is 3. The van der Waals surface area contributed by atoms with Crippen LogP contribution in [0.4, 0.5) is 4.39 Å². The number of methoxy groups -OCH3 is 1. The molecule has 0 aliphatic rings. The number of aromatic carboxylic acids is 1. The molecule has 0 aliphatic carbocycles. The van der Waals surface area contributed by atoms with E-state index in [1.807, 2.05) is 74.7 Å². The second-order valence-corrected chi connectivity index (χ2v) is 9.53. The van der Waals surface area contributed by atoms with Crippen molar-refractivity contribution in [3.63, 3.8) is 0 Å². The molecule has 5 aromatic rings. The van der Waals surface area contributed by atoms with E-state index in [-0.39, 0.29) is 23.7 Å². The van der Waals surface area contributed by atoms with Crippen molar-refractivity contribution in [1.29, 1.82) is 5.26 Å². The van der Waals surface area contributed by atoms with Crippen LogP contribution in [0, 0.1) is 17.1 Å². The number of benzene rings is 3. The summed E-state index contributed by atoms with van der Waals surface area (Å²) in [5.41, 5.74) is 4.90. The fourth-order valence-corrected chi connectivity index (χ4v) is 4.66. The highest BCUT2D eigenvalue weighted by Gasteiger charge is 2.20. The van der Waals surface area contributed by atoms with Gasteiger partial charge in [0.1, 0.15) is 18.2 Å². The number of carboxylic acid groups (broad SMARTS) is 1. The molecule has 0 saturated heterocycles. The summed E-state index contributed by atoms with van der Waals surface area (Å²) in [5.74, 6) is -0.386. The maximum absolute atomic E-state index is 14.2. The third-order valence-corrected chi connectivity index (χ3v) is 6.92. The molecular formula is C36H39FN4O4. The smallest absolute Gasteiger partial charge is 0.335 e. The van der Waals surface area contributed by atoms with E-state index in [1.54, 1.807) is 37.4 Å². The van der Waals surface area contributed by atoms with Crippen LogP contribution in [0.25, 0.3) is 22.3 Å². The van der Waals surface area contributed by atoms with Crippen molar-refractivity contribution in [3.05, 3.63) is 113 Å². The van der Waals surface area contributed by atoms with Crippen LogP contribution in [0.1, 0.15) is 73.4 Å². The van der Waals surface area contributed by atoms with Gasteiger partial charge in [0.2, 0.25) is 5.88 Å². The van der Waals surface area contributed by atoms with Crippen LogP contribution >= 0.6 is 0 Å². The van der Waals surface area contributed by atoms with Gasteiger partial charge in [-0.25, -0.2) is 19.2 Å². The number of carbonyl (C=O) groups is 1. The maximum atomic E-state index is 14.2. The summed E-state index contributed by atoms with van der Waals surface area (Å²) in [6, 6.07) is 24.5. The Morgan fingerprint density at radius 1 is 1.00 bits per heavy atom. The number of carboxylic acids is 1. The lowest BCUT2D eigenvalue weighted by Gasteiger charge is -2.16. The Hall–Kier alpha value is -5.07. The summed E-state index contributed by atoms with van der Waals surface area (Å²) in [4.78, 5) is 21.0. The molecule has 9 heteroatoms. The van der Waals surface area contributed by atoms with Crippen molar-refractivity contribution in [1.82, 2.24) is 14.5 Å². The van der Waals surface area contributed by atoms with Gasteiger partial charge in [-0.2, -0.15) is 5.26 Å². The van der Waals surface area contributed by atoms with Crippen LogP contribution in [-0.2, 0) is 17.9 Å². The van der Waals surface area contributed by atoms with Crippen molar-refractivity contribution in [2.75, 3.05) is 13.7 Å². The molecule has 0 saturated carbocycles. The van der Waals surface area contributed by atoms with Gasteiger partial charge in [0.05, 0.1) is 40.5 Å². The number of pyridine rings is 1. The summed E-state index contributed by atoms with van der Waals surface area (Å²) in [6.07, 6.45) is 0. The van der Waals surface area contributed by atoms with Gasteiger partial charge in [0.15, 0.2) is 0 Å². The topological polar surface area (TPSA) is 110 Å². The van der Waals surface area contributed by atoms with E-state index in [4.69, 9.17) is 19.7 Å². The van der Waals surface area contributed by atoms with Gasteiger partial charge in [-0.3, -0.25) is 0 Å². The lowest BCUT2D eigenvalue weighted by atomic mass is 9.98. The van der Waals surface area contributed by atoms with Gasteiger partial charge in [0, 0.05) is 36.8 Å². The van der Waals surface area contributed by atoms with Crippen LogP contribution in [0.5, 0.6) is 5.88 Å². The Morgan fingerprint density at radius 2 is 1.73 bits per heavy atom. The third-order valence-electron chi connectivity index (χ3n) is 6.92. The number of halogens is 1. The second-order valence-electron chi connectivity index (χ2n) is 9.53. The highest BCUT2D eigenvalue weighted by atomic mass is 19.1. The van der Waals surface area contributed by atoms with E-state index in [0.29, 0.717) is 30.3 Å². The van der Waals surface area contributed by atoms with E-state index in [9.17, 15) is 14.3 Å². The van der Waals surface area contributed by atoms with Crippen molar-refractivity contribution in [2.45, 2.75) is 53.7 Å². The number of imidazole rings is 1. The lowest BCUT2D eigenvalue weighted by Crippen LogP contribution is -2.11. The first-order chi connectivity index (χ1) is 21.9. The minimum Gasteiger partial charge on any atom is -0.478 e. The minimum absolute atomic E-state index is 0.0114. The molecular weight excluding hydrogens is 571 g/mol. The normalized spacial score (nSPS) is 11.0. The number of nitrogens with zero attached hydrogens (tertiary/aromatic N) is 4. The second kappa shape index (κ2) is 16.7. The van der Waals surface area contributed by atoms with Gasteiger partial charge in [-0.1, -0.05) is 71.0 Å². The third kappa shape index (κ3) is 8.31. The molecule has 45 heavy (non-hydrogen) atoms. The summed E-state index contributed by atoms with van der Waals surface area (Å²) in [7, 11) is 1.63. The Bertz CT molecular complexity index is 1760. The summed E-state index contributed by atoms with van der Waals surface area (Å²) < 4.78 is 27.3. The first-order valence-corrected chi connectivity index (χ1v) is 15.0. The van der Waals surface area contributed by atoms with Crippen molar-refractivity contribution >= 4 is 17.0 Å². The SMILES string of the molecule is CC.CC.COCCn1c(C(C)c2ccc(-c3cccc(OCc4ccc(C#N)cc4F)n3)cc2)nc2ccc(C(=O)O)cc21. The number of hydrogen-bond acceptors (Lipinski definition) is 6. The highest BCUT2D eigenvalue weighted by molar-refractivity contribution is 5.92. The largest absolute Gasteiger partial charge is 0.478 e. The summed E-state index contributed by atoms with van der Waals surface area (Å²) >= 11 is 0. The molecule has 0 spiro atoms. The van der Waals surface area contributed by atoms with Gasteiger partial charge in [-0.15, -0.1) is 0 Å². The van der Waals surface area contributed by atoms with Crippen LogP contribution in [0.15, 0.2) is 78.9 Å². The molecule has 0 amide bonds. The van der Waals surface area contributed by atoms with Crippen molar-refractivity contribution < 1.29 is 23.8 Å². The molecule has 1 atom stereocenters. The van der Waals surface area contributed by atoms with E-state index >= 15 is 0 Å². The first kappa shape index (κ1) is 34.4. The van der Waals surface area contributed by atoms with E-state index in [0.717, 1.165) is 28.0 Å². The first-order valence-electron chi connectivity index (χ1n) is 15.0. The van der Waals surface area contributed by atoms with Crippen LogP contribution in [0.3, 0.4) is 0 Å². The fourth-order valence-electron chi connectivity index (χ4n) is 4.66. The summed E-state index contributed by atoms with van der Waals surface area (Å²) in [6.45, 7) is 11.1. The van der Waals surface area contributed by atoms with Crippen LogP contribution in [-0.4, -0.2) is 39.3 Å². The molecule has 2 aromatic heterocycles. The van der Waals surface area contributed by atoms with Crippen LogP contribution < -0.4 is 4.74 Å². The number of hydrogen-bond donors (Lipinski definition) is 1. The molecule has 1 N–H and O–H groups in total. The molecule has 0 bridgehead atoms. The molecule has 234 valence electrons. The molecule has 3 aromatic carbocycles. The lowest BCUT2D eigenvalue weighted by molar-refractivity contribution is 0.0697. The molecule has 2 heterocycles. The predicted octanol–water partition coefficient (Wildman–Crippen LogP) is 8.24. The fraction of sp³-hybridized carbons (Fsp3) is 0.278. The number of fused-ring (bicyclic) bond motifs is 1. The molecule has 1 unspecified atom stereocenters. The Labute approximate surface area is 263 Å². The predicted molar refractivity (Wildman–Crippen MR) is 174 cm³/mol. The molecule has 5 rings (SSSR count). The average Bonchev–Trinajstić information content (AvgIpc) is 3.46. The van der Waals surface area contributed by atoms with Crippen LogP contribution in [0.2, 0.25) is 0 Å². The zero-order valence-electron chi connectivity index (χ0n) is 26.5. The van der Waals surface area contributed by atoms with Gasteiger partial charge in [0.25, 0.3) is 0 Å². The van der Waals surface area contributed by atoms with Crippen molar-refractivity contribution in [2.24, 2.45) is 0 Å². The number of nitriles is 1. The van der Waals surface area contributed by atoms with Crippen molar-refractivity contribution in [3.8, 4) is 23.2 Å². The average molecular weight is 611 g/mol. The quantitative estimate of drug-likeness (QED) is 0.170. The molecule has 0 fully saturated rings. The summed E-state index contributed by atoms with van der Waals surface area (Å²) in [5, 5.41) is 18.4. The Balaban J connectivity index is 0.00000133. The van der Waals surface area contributed by atoms with E-state index in [1.165, 1.54) is 12.1 Å². The molecule has 8 nitrogen and oxygen atoms in total. The van der Waals surface area contributed by atoms with Gasteiger partial charge >= 0.3 is 5.97 Å². The number of rotatable bonds is 10. The highest BCUT2D eigenvalue weighted by Crippen LogP contribution is 2.30. The zero-order chi connectivity index (χ0) is 32.9. The zero-order valence-corrected chi connectivity index (χ0v) is 26.5.